The van der Waals surface area contributed by atoms with Crippen LogP contribution in [0.2, 0.25) is 0 Å². The van der Waals surface area contributed by atoms with Crippen molar-refractivity contribution in [2.24, 2.45) is 7.05 Å². The molecule has 126 valence electrons. The lowest BCUT2D eigenvalue weighted by Gasteiger charge is -2.05. The summed E-state index contributed by atoms with van der Waals surface area (Å²) in [5.74, 6) is 0. The van der Waals surface area contributed by atoms with Crippen LogP contribution in [0.15, 0.2) is 71.3 Å². The zero-order chi connectivity index (χ0) is 17.8. The van der Waals surface area contributed by atoms with Gasteiger partial charge in [0.1, 0.15) is 18.2 Å². The van der Waals surface area contributed by atoms with Crippen molar-refractivity contribution >= 4 is 32.7 Å². The molecule has 0 aliphatic heterocycles. The molecule has 26 heavy (non-hydrogen) atoms. The summed E-state index contributed by atoms with van der Waals surface area (Å²) in [5, 5.41) is 4.74. The summed E-state index contributed by atoms with van der Waals surface area (Å²) in [6, 6.07) is 21.5. The van der Waals surface area contributed by atoms with E-state index in [0.717, 1.165) is 11.2 Å². The molecule has 5 rings (SSSR count). The molecule has 0 saturated heterocycles. The molecule has 2 aromatic heterocycles. The van der Waals surface area contributed by atoms with Gasteiger partial charge in [0.2, 0.25) is 5.69 Å². The molecule has 3 aromatic carbocycles. The van der Waals surface area contributed by atoms with Crippen LogP contribution in [0, 0.1) is 13.8 Å². The summed E-state index contributed by atoms with van der Waals surface area (Å²) < 4.78 is 8.59. The lowest BCUT2D eigenvalue weighted by Crippen LogP contribution is -2.30. The molecule has 5 aromatic rings. The second-order valence-corrected chi connectivity index (χ2v) is 7.08. The predicted molar refractivity (Wildman–Crippen MR) is 107 cm³/mol. The Morgan fingerprint density at radius 3 is 2.42 bits per heavy atom. The quantitative estimate of drug-likeness (QED) is 0.351. The SMILES string of the molecule is Cc1cc[n+](C)c(-c2ccc3c(oc4c5ccccc5ccc34)c2C)c1. The van der Waals surface area contributed by atoms with Gasteiger partial charge in [-0.2, -0.15) is 0 Å². The monoisotopic (exact) mass is 338 g/mol. The van der Waals surface area contributed by atoms with Crippen LogP contribution < -0.4 is 4.57 Å². The van der Waals surface area contributed by atoms with Crippen molar-refractivity contribution < 1.29 is 8.98 Å². The van der Waals surface area contributed by atoms with Crippen LogP contribution in [0.25, 0.3) is 44.0 Å². The standard InChI is InChI=1S/C24H20NO/c1-15-12-13-25(3)22(14-15)18-10-11-20-21-9-8-17-6-4-5-7-19(17)24(21)26-23(20)16(18)2/h4-14H,1-3H3/q+1. The van der Waals surface area contributed by atoms with Crippen molar-refractivity contribution in [1.82, 2.24) is 0 Å². The molecule has 0 aliphatic rings. The van der Waals surface area contributed by atoms with Gasteiger partial charge >= 0.3 is 0 Å². The lowest BCUT2D eigenvalue weighted by atomic mass is 9.99. The van der Waals surface area contributed by atoms with E-state index < -0.39 is 0 Å². The van der Waals surface area contributed by atoms with E-state index in [1.165, 1.54) is 43.9 Å². The third kappa shape index (κ3) is 2.08. The average molecular weight is 338 g/mol. The number of aryl methyl sites for hydroxylation is 3. The van der Waals surface area contributed by atoms with E-state index in [4.69, 9.17) is 4.42 Å². The highest BCUT2D eigenvalue weighted by atomic mass is 16.3. The van der Waals surface area contributed by atoms with Gasteiger partial charge in [0, 0.05) is 33.9 Å². The Kier molecular flexibility index (Phi) is 3.17. The number of pyridine rings is 1. The summed E-state index contributed by atoms with van der Waals surface area (Å²) in [4.78, 5) is 0. The fraction of sp³-hybridized carbons (Fsp3) is 0.125. The molecule has 0 unspecified atom stereocenters. The van der Waals surface area contributed by atoms with Gasteiger partial charge in [-0.1, -0.05) is 30.3 Å². The molecule has 2 heterocycles. The largest absolute Gasteiger partial charge is 0.455 e. The highest BCUT2D eigenvalue weighted by Gasteiger charge is 2.18. The van der Waals surface area contributed by atoms with E-state index in [1.807, 2.05) is 0 Å². The maximum absolute atomic E-state index is 6.42. The van der Waals surface area contributed by atoms with Crippen molar-refractivity contribution in [3.8, 4) is 11.3 Å². The van der Waals surface area contributed by atoms with E-state index in [1.54, 1.807) is 0 Å². The van der Waals surface area contributed by atoms with E-state index in [-0.39, 0.29) is 0 Å². The van der Waals surface area contributed by atoms with Crippen molar-refractivity contribution in [1.29, 1.82) is 0 Å². The van der Waals surface area contributed by atoms with Gasteiger partial charge in [-0.3, -0.25) is 0 Å². The minimum absolute atomic E-state index is 0.979. The molecule has 0 amide bonds. The van der Waals surface area contributed by atoms with Crippen LogP contribution in [0.5, 0.6) is 0 Å². The van der Waals surface area contributed by atoms with Gasteiger partial charge in [0.15, 0.2) is 6.20 Å². The summed E-state index contributed by atoms with van der Waals surface area (Å²) in [6.07, 6.45) is 2.11. The predicted octanol–water partition coefficient (Wildman–Crippen LogP) is 5.85. The maximum atomic E-state index is 6.42. The first-order valence-electron chi connectivity index (χ1n) is 8.94. The highest BCUT2D eigenvalue weighted by molar-refractivity contribution is 6.15. The molecule has 2 nitrogen and oxygen atoms in total. The number of fused-ring (bicyclic) bond motifs is 5. The lowest BCUT2D eigenvalue weighted by molar-refractivity contribution is -0.660. The van der Waals surface area contributed by atoms with Gasteiger partial charge in [0.25, 0.3) is 0 Å². The maximum Gasteiger partial charge on any atom is 0.212 e. The van der Waals surface area contributed by atoms with Crippen LogP contribution in [0.1, 0.15) is 11.1 Å². The van der Waals surface area contributed by atoms with Crippen LogP contribution >= 0.6 is 0 Å². The Morgan fingerprint density at radius 2 is 1.54 bits per heavy atom. The molecule has 0 radical (unpaired) electrons. The van der Waals surface area contributed by atoms with Crippen molar-refractivity contribution in [3.05, 3.63) is 78.0 Å². The molecule has 0 aliphatic carbocycles. The zero-order valence-corrected chi connectivity index (χ0v) is 15.2. The number of benzene rings is 3. The molecule has 0 bridgehead atoms. The van der Waals surface area contributed by atoms with Gasteiger partial charge in [0.05, 0.1) is 5.56 Å². The van der Waals surface area contributed by atoms with E-state index in [9.17, 15) is 0 Å². The van der Waals surface area contributed by atoms with Crippen LogP contribution in [0.3, 0.4) is 0 Å². The van der Waals surface area contributed by atoms with Gasteiger partial charge in [-0.05, 0) is 43.0 Å². The van der Waals surface area contributed by atoms with E-state index in [2.05, 4.69) is 92.3 Å². The molecule has 2 heteroatoms. The first-order chi connectivity index (χ1) is 12.6. The first-order valence-corrected chi connectivity index (χ1v) is 8.94. The Bertz CT molecular complexity index is 1310. The van der Waals surface area contributed by atoms with Gasteiger partial charge in [-0.25, -0.2) is 4.57 Å². The molecular formula is C24H20NO+. The van der Waals surface area contributed by atoms with Crippen LogP contribution in [-0.2, 0) is 7.05 Å². The van der Waals surface area contributed by atoms with Crippen molar-refractivity contribution in [2.45, 2.75) is 13.8 Å². The minimum atomic E-state index is 0.979. The number of hydrogen-bond acceptors (Lipinski definition) is 1. The smallest absolute Gasteiger partial charge is 0.212 e. The molecule has 0 atom stereocenters. The Hall–Kier alpha value is -3.13. The highest BCUT2D eigenvalue weighted by Crippen LogP contribution is 2.38. The number of aromatic nitrogens is 1. The molecule has 0 spiro atoms. The number of nitrogens with zero attached hydrogens (tertiary/aromatic N) is 1. The summed E-state index contributed by atoms with van der Waals surface area (Å²) in [7, 11) is 2.09. The normalized spacial score (nSPS) is 11.7. The topological polar surface area (TPSA) is 17.0 Å². The molecule has 0 fully saturated rings. The second-order valence-electron chi connectivity index (χ2n) is 7.08. The van der Waals surface area contributed by atoms with E-state index >= 15 is 0 Å². The third-order valence-corrected chi connectivity index (χ3v) is 5.36. The average Bonchev–Trinajstić information content (AvgIpc) is 3.04. The minimum Gasteiger partial charge on any atom is -0.455 e. The van der Waals surface area contributed by atoms with Gasteiger partial charge < -0.3 is 4.42 Å². The Labute approximate surface area is 152 Å². The molecule has 0 saturated carbocycles. The van der Waals surface area contributed by atoms with E-state index in [0.29, 0.717) is 0 Å². The Balaban J connectivity index is 1.87. The fourth-order valence-electron chi connectivity index (χ4n) is 3.92. The zero-order valence-electron chi connectivity index (χ0n) is 15.2. The number of rotatable bonds is 1. The van der Waals surface area contributed by atoms with Crippen molar-refractivity contribution in [2.75, 3.05) is 0 Å². The molecular weight excluding hydrogens is 318 g/mol. The van der Waals surface area contributed by atoms with Gasteiger partial charge in [-0.15, -0.1) is 0 Å². The Morgan fingerprint density at radius 1 is 0.769 bits per heavy atom. The summed E-state index contributed by atoms with van der Waals surface area (Å²) >= 11 is 0. The fourth-order valence-corrected chi connectivity index (χ4v) is 3.92. The summed E-state index contributed by atoms with van der Waals surface area (Å²) in [5.41, 5.74) is 6.82. The molecule has 0 N–H and O–H groups in total. The van der Waals surface area contributed by atoms with Crippen molar-refractivity contribution in [3.63, 3.8) is 0 Å². The summed E-state index contributed by atoms with van der Waals surface area (Å²) in [6.45, 7) is 4.29. The van der Waals surface area contributed by atoms with Crippen LogP contribution in [-0.4, -0.2) is 0 Å². The number of furan rings is 1. The first kappa shape index (κ1) is 15.2. The van der Waals surface area contributed by atoms with Crippen LogP contribution in [0.4, 0.5) is 0 Å². The third-order valence-electron chi connectivity index (χ3n) is 5.36. The number of hydrogen-bond donors (Lipinski definition) is 0. The second kappa shape index (κ2) is 5.43.